The van der Waals surface area contributed by atoms with Crippen LogP contribution in [0.15, 0.2) is 0 Å². The molecule has 0 aromatic rings. The van der Waals surface area contributed by atoms with Gasteiger partial charge in [-0.3, -0.25) is 4.90 Å². The van der Waals surface area contributed by atoms with Crippen molar-refractivity contribution in [3.05, 3.63) is 0 Å². The lowest BCUT2D eigenvalue weighted by Gasteiger charge is -2.44. The second kappa shape index (κ2) is 7.79. The third-order valence-corrected chi connectivity index (χ3v) is 5.60. The van der Waals surface area contributed by atoms with Crippen LogP contribution in [0.1, 0.15) is 66.2 Å². The van der Waals surface area contributed by atoms with Crippen LogP contribution in [0, 0.1) is 17.8 Å². The van der Waals surface area contributed by atoms with E-state index in [2.05, 4.69) is 37.9 Å². The Labute approximate surface area is 126 Å². The molecule has 2 nitrogen and oxygen atoms in total. The molecular weight excluding hydrogens is 244 g/mol. The smallest absolute Gasteiger partial charge is 0.0218 e. The normalized spacial score (nSPS) is 36.5. The fourth-order valence-corrected chi connectivity index (χ4v) is 4.25. The van der Waals surface area contributed by atoms with Crippen molar-refractivity contribution in [2.24, 2.45) is 17.8 Å². The maximum Gasteiger partial charge on any atom is 0.0218 e. The average Bonchev–Trinajstić information content (AvgIpc) is 2.41. The summed E-state index contributed by atoms with van der Waals surface area (Å²) in [5.74, 6) is 2.71. The van der Waals surface area contributed by atoms with Gasteiger partial charge in [-0.2, -0.15) is 0 Å². The molecule has 20 heavy (non-hydrogen) atoms. The molecule has 2 heteroatoms. The molecule has 1 saturated heterocycles. The van der Waals surface area contributed by atoms with Crippen LogP contribution in [0.3, 0.4) is 0 Å². The van der Waals surface area contributed by atoms with E-state index in [9.17, 15) is 0 Å². The van der Waals surface area contributed by atoms with Gasteiger partial charge in [-0.05, 0) is 37.0 Å². The molecule has 4 atom stereocenters. The van der Waals surface area contributed by atoms with Crippen LogP contribution in [0.25, 0.3) is 0 Å². The van der Waals surface area contributed by atoms with E-state index in [1.54, 1.807) is 0 Å². The lowest BCUT2D eigenvalue weighted by atomic mass is 9.79. The molecule has 0 radical (unpaired) electrons. The van der Waals surface area contributed by atoms with Crippen LogP contribution < -0.4 is 5.32 Å². The largest absolute Gasteiger partial charge is 0.311 e. The zero-order valence-electron chi connectivity index (χ0n) is 14.2. The monoisotopic (exact) mass is 280 g/mol. The summed E-state index contributed by atoms with van der Waals surface area (Å²) in [5.41, 5.74) is 0. The van der Waals surface area contributed by atoms with E-state index in [-0.39, 0.29) is 0 Å². The topological polar surface area (TPSA) is 15.3 Å². The quantitative estimate of drug-likeness (QED) is 0.821. The number of piperazine rings is 1. The summed E-state index contributed by atoms with van der Waals surface area (Å²) >= 11 is 0. The fraction of sp³-hybridized carbons (Fsp3) is 1.00. The van der Waals surface area contributed by atoms with Crippen LogP contribution in [0.4, 0.5) is 0 Å². The lowest BCUT2D eigenvalue weighted by Crippen LogP contribution is -2.57. The molecule has 118 valence electrons. The Kier molecular flexibility index (Phi) is 6.35. The molecule has 0 spiro atoms. The van der Waals surface area contributed by atoms with Gasteiger partial charge in [0.2, 0.25) is 0 Å². The highest BCUT2D eigenvalue weighted by molar-refractivity contribution is 4.88. The SMILES string of the molecule is CCC1CNC(CC(C)C)CN1CC1CCCCC1C. The molecule has 2 rings (SSSR count). The molecular formula is C18H36N2. The molecule has 0 bridgehead atoms. The second-order valence-electron chi connectivity index (χ2n) is 7.77. The number of hydrogen-bond donors (Lipinski definition) is 1. The Morgan fingerprint density at radius 3 is 2.60 bits per heavy atom. The Morgan fingerprint density at radius 2 is 1.95 bits per heavy atom. The molecule has 2 aliphatic rings. The van der Waals surface area contributed by atoms with E-state index in [1.807, 2.05) is 0 Å². The van der Waals surface area contributed by atoms with E-state index in [0.717, 1.165) is 29.8 Å². The molecule has 1 aliphatic heterocycles. The summed E-state index contributed by atoms with van der Waals surface area (Å²) < 4.78 is 0. The number of hydrogen-bond acceptors (Lipinski definition) is 2. The highest BCUT2D eigenvalue weighted by Gasteiger charge is 2.31. The highest BCUT2D eigenvalue weighted by atomic mass is 15.2. The van der Waals surface area contributed by atoms with Gasteiger partial charge < -0.3 is 5.32 Å². The zero-order valence-corrected chi connectivity index (χ0v) is 14.2. The van der Waals surface area contributed by atoms with Gasteiger partial charge in [0, 0.05) is 31.7 Å². The van der Waals surface area contributed by atoms with E-state index in [4.69, 9.17) is 0 Å². The maximum absolute atomic E-state index is 3.79. The van der Waals surface area contributed by atoms with E-state index in [0.29, 0.717) is 0 Å². The van der Waals surface area contributed by atoms with E-state index >= 15 is 0 Å². The van der Waals surface area contributed by atoms with Crippen molar-refractivity contribution in [2.75, 3.05) is 19.6 Å². The van der Waals surface area contributed by atoms with Gasteiger partial charge in [0.1, 0.15) is 0 Å². The van der Waals surface area contributed by atoms with Crippen molar-refractivity contribution in [3.63, 3.8) is 0 Å². The molecule has 1 aliphatic carbocycles. The summed E-state index contributed by atoms with van der Waals surface area (Å²) in [7, 11) is 0. The van der Waals surface area contributed by atoms with Crippen molar-refractivity contribution in [1.29, 1.82) is 0 Å². The predicted octanol–water partition coefficient (Wildman–Crippen LogP) is 3.91. The van der Waals surface area contributed by atoms with Gasteiger partial charge in [0.15, 0.2) is 0 Å². The second-order valence-corrected chi connectivity index (χ2v) is 7.77. The third-order valence-electron chi connectivity index (χ3n) is 5.60. The molecule has 0 aromatic carbocycles. The molecule has 1 N–H and O–H groups in total. The van der Waals surface area contributed by atoms with Crippen LogP contribution in [0.5, 0.6) is 0 Å². The first-order valence-corrected chi connectivity index (χ1v) is 9.07. The molecule has 4 unspecified atom stereocenters. The van der Waals surface area contributed by atoms with E-state index < -0.39 is 0 Å². The van der Waals surface area contributed by atoms with Gasteiger partial charge in [-0.1, -0.05) is 47.0 Å². The zero-order chi connectivity index (χ0) is 14.5. The van der Waals surface area contributed by atoms with Gasteiger partial charge in [0.25, 0.3) is 0 Å². The summed E-state index contributed by atoms with van der Waals surface area (Å²) in [6.45, 7) is 13.4. The minimum atomic E-state index is 0.719. The minimum absolute atomic E-state index is 0.719. The standard InChI is InChI=1S/C18H36N2/c1-5-18-11-19-17(10-14(2)3)13-20(18)12-16-9-7-6-8-15(16)4/h14-19H,5-13H2,1-4H3. The summed E-state index contributed by atoms with van der Waals surface area (Å²) in [5, 5.41) is 3.79. The predicted molar refractivity (Wildman–Crippen MR) is 88.0 cm³/mol. The van der Waals surface area contributed by atoms with Crippen LogP contribution in [-0.2, 0) is 0 Å². The van der Waals surface area contributed by atoms with Crippen molar-refractivity contribution >= 4 is 0 Å². The van der Waals surface area contributed by atoms with Crippen molar-refractivity contribution < 1.29 is 0 Å². The maximum atomic E-state index is 3.79. The summed E-state index contributed by atoms with van der Waals surface area (Å²) in [6, 6.07) is 1.49. The van der Waals surface area contributed by atoms with Crippen molar-refractivity contribution in [1.82, 2.24) is 10.2 Å². The first kappa shape index (κ1) is 16.3. The number of nitrogens with zero attached hydrogens (tertiary/aromatic N) is 1. The van der Waals surface area contributed by atoms with E-state index in [1.165, 1.54) is 58.2 Å². The molecule has 0 aromatic heterocycles. The minimum Gasteiger partial charge on any atom is -0.311 e. The van der Waals surface area contributed by atoms with Crippen LogP contribution in [-0.4, -0.2) is 36.6 Å². The Balaban J connectivity index is 1.90. The Morgan fingerprint density at radius 1 is 1.20 bits per heavy atom. The molecule has 1 heterocycles. The van der Waals surface area contributed by atoms with Gasteiger partial charge in [0.05, 0.1) is 0 Å². The Hall–Kier alpha value is -0.0800. The number of rotatable bonds is 5. The Bertz CT molecular complexity index is 277. The lowest BCUT2D eigenvalue weighted by molar-refractivity contribution is 0.0764. The van der Waals surface area contributed by atoms with Crippen LogP contribution in [0.2, 0.25) is 0 Å². The molecule has 0 amide bonds. The van der Waals surface area contributed by atoms with Crippen molar-refractivity contribution in [3.8, 4) is 0 Å². The average molecular weight is 280 g/mol. The number of nitrogens with one attached hydrogen (secondary N) is 1. The fourth-order valence-electron chi connectivity index (χ4n) is 4.25. The van der Waals surface area contributed by atoms with Crippen LogP contribution >= 0.6 is 0 Å². The summed E-state index contributed by atoms with van der Waals surface area (Å²) in [4.78, 5) is 2.83. The first-order chi connectivity index (χ1) is 9.60. The first-order valence-electron chi connectivity index (χ1n) is 9.07. The molecule has 1 saturated carbocycles. The highest BCUT2D eigenvalue weighted by Crippen LogP contribution is 2.31. The van der Waals surface area contributed by atoms with Gasteiger partial charge >= 0.3 is 0 Å². The van der Waals surface area contributed by atoms with Crippen molar-refractivity contribution in [2.45, 2.75) is 78.3 Å². The van der Waals surface area contributed by atoms with Gasteiger partial charge in [-0.25, -0.2) is 0 Å². The third kappa shape index (κ3) is 4.46. The molecule has 2 fully saturated rings. The van der Waals surface area contributed by atoms with Gasteiger partial charge in [-0.15, -0.1) is 0 Å². The summed E-state index contributed by atoms with van der Waals surface area (Å²) in [6.07, 6.45) is 8.48.